The number of nitrogens with one attached hydrogen (secondary N) is 5. The molecule has 1 aliphatic heterocycles. The quantitative estimate of drug-likeness (QED) is 0.114. The molecule has 47 heavy (non-hydrogen) atoms. The van der Waals surface area contributed by atoms with Crippen LogP contribution in [-0.2, 0) is 35.3 Å². The van der Waals surface area contributed by atoms with Gasteiger partial charge in [0.05, 0.1) is 6.54 Å². The van der Waals surface area contributed by atoms with Crippen LogP contribution in [-0.4, -0.2) is 79.3 Å². The summed E-state index contributed by atoms with van der Waals surface area (Å²) in [6, 6.07) is 5.47. The maximum Gasteiger partial charge on any atom is 0.407 e. The van der Waals surface area contributed by atoms with Crippen molar-refractivity contribution < 1.29 is 38.3 Å². The Bertz CT molecular complexity index is 1140. The molecule has 1 atom stereocenters. The number of hydrogen-bond donors (Lipinski definition) is 6. The predicted molar refractivity (Wildman–Crippen MR) is 178 cm³/mol. The number of anilines is 1. The van der Waals surface area contributed by atoms with Crippen LogP contribution in [0.25, 0.3) is 0 Å². The lowest BCUT2D eigenvalue weighted by Gasteiger charge is -2.21. The Morgan fingerprint density at radius 2 is 1.53 bits per heavy atom. The molecule has 8 amide bonds. The van der Waals surface area contributed by atoms with Crippen molar-refractivity contribution >= 4 is 47.3 Å². The number of rotatable bonds is 16. The molecule has 0 spiro atoms. The fourth-order valence-electron chi connectivity index (χ4n) is 4.02. The Kier molecular flexibility index (Phi) is 22.1. The van der Waals surface area contributed by atoms with Gasteiger partial charge in [-0.2, -0.15) is 0 Å². The molecule has 15 heteroatoms. The number of carbonyl (C=O) groups is 7. The standard InChI is InChI=1S/C26H37N5O7.C4H10N2O.C2H6/c1-17(2)24(30-20(32)7-5-4-6-14-31-22(34)12-13-23(31)35)25(36)28-15-21(33)29-19-10-8-18(9-11-19)16-38-26(37)27-3;1-2-3-6-4(5)7;1-2/h8-11,17,24H,4-7,12-16H2,1-3H3,(H,27,37)(H,28,36)(H,29,33)(H,30,32);2-3H2,1H3,(H3,5,6,7);1-2H3. The van der Waals surface area contributed by atoms with Crippen molar-refractivity contribution in [2.75, 3.05) is 32.0 Å². The summed E-state index contributed by atoms with van der Waals surface area (Å²) in [6.07, 6.45) is 3.00. The highest BCUT2D eigenvalue weighted by molar-refractivity contribution is 6.01. The van der Waals surface area contributed by atoms with Gasteiger partial charge in [0.2, 0.25) is 29.5 Å². The van der Waals surface area contributed by atoms with Crippen LogP contribution in [0.3, 0.4) is 0 Å². The van der Waals surface area contributed by atoms with Gasteiger partial charge in [-0.05, 0) is 42.9 Å². The van der Waals surface area contributed by atoms with E-state index in [1.807, 2.05) is 20.8 Å². The number of likely N-dealkylation sites (tertiary alicyclic amines) is 1. The first-order valence-electron chi connectivity index (χ1n) is 16.0. The number of hydrogen-bond acceptors (Lipinski definition) is 8. The zero-order valence-corrected chi connectivity index (χ0v) is 28.5. The molecule has 1 aromatic rings. The molecule has 1 saturated heterocycles. The predicted octanol–water partition coefficient (Wildman–Crippen LogP) is 2.54. The summed E-state index contributed by atoms with van der Waals surface area (Å²) in [4.78, 5) is 82.8. The first-order chi connectivity index (χ1) is 22.4. The van der Waals surface area contributed by atoms with Gasteiger partial charge in [-0.15, -0.1) is 0 Å². The van der Waals surface area contributed by atoms with E-state index in [2.05, 4.69) is 26.6 Å². The van der Waals surface area contributed by atoms with Crippen LogP contribution < -0.4 is 32.3 Å². The largest absolute Gasteiger partial charge is 0.445 e. The molecule has 0 radical (unpaired) electrons. The zero-order valence-electron chi connectivity index (χ0n) is 28.5. The van der Waals surface area contributed by atoms with Gasteiger partial charge in [-0.3, -0.25) is 28.9 Å². The molecule has 1 heterocycles. The number of ether oxygens (including phenoxy) is 1. The third kappa shape index (κ3) is 18.8. The van der Waals surface area contributed by atoms with Crippen molar-refractivity contribution in [3.8, 4) is 0 Å². The summed E-state index contributed by atoms with van der Waals surface area (Å²) in [6.45, 7) is 10.4. The van der Waals surface area contributed by atoms with E-state index in [0.717, 1.165) is 12.0 Å². The normalized spacial score (nSPS) is 12.4. The summed E-state index contributed by atoms with van der Waals surface area (Å²) < 4.78 is 4.95. The number of carbonyl (C=O) groups excluding carboxylic acids is 7. The van der Waals surface area contributed by atoms with Crippen LogP contribution in [0.5, 0.6) is 0 Å². The number of primary amides is 1. The van der Waals surface area contributed by atoms with E-state index < -0.39 is 30.0 Å². The first kappa shape index (κ1) is 42.3. The Labute approximate surface area is 277 Å². The second-order valence-corrected chi connectivity index (χ2v) is 10.6. The van der Waals surface area contributed by atoms with Gasteiger partial charge in [0.15, 0.2) is 0 Å². The third-order valence-corrected chi connectivity index (χ3v) is 6.49. The van der Waals surface area contributed by atoms with Gasteiger partial charge < -0.3 is 37.1 Å². The lowest BCUT2D eigenvalue weighted by atomic mass is 10.0. The SMILES string of the molecule is CC.CCCNC(N)=O.CNC(=O)OCc1ccc(NC(=O)CNC(=O)C(NC(=O)CCCCCN2C(=O)CCC2=O)C(C)C)cc1. The summed E-state index contributed by atoms with van der Waals surface area (Å²) in [7, 11) is 1.46. The molecule has 1 aliphatic rings. The number of amides is 8. The molecule has 0 aliphatic carbocycles. The molecule has 264 valence electrons. The van der Waals surface area contributed by atoms with Crippen LogP contribution in [0.1, 0.15) is 85.1 Å². The Morgan fingerprint density at radius 3 is 2.04 bits per heavy atom. The minimum atomic E-state index is -0.797. The van der Waals surface area contributed by atoms with Crippen molar-refractivity contribution in [3.05, 3.63) is 29.8 Å². The number of nitrogens with two attached hydrogens (primary N) is 1. The van der Waals surface area contributed by atoms with Crippen molar-refractivity contribution in [1.29, 1.82) is 0 Å². The van der Waals surface area contributed by atoms with Gasteiger partial charge >= 0.3 is 12.1 Å². The maximum atomic E-state index is 12.6. The number of imide groups is 1. The molecule has 0 aromatic heterocycles. The number of unbranched alkanes of at least 4 members (excludes halogenated alkanes) is 2. The molecule has 15 nitrogen and oxygen atoms in total. The zero-order chi connectivity index (χ0) is 35.8. The molecule has 1 fully saturated rings. The molecule has 0 saturated carbocycles. The summed E-state index contributed by atoms with van der Waals surface area (Å²) in [5, 5.41) is 12.7. The summed E-state index contributed by atoms with van der Waals surface area (Å²) >= 11 is 0. The lowest BCUT2D eigenvalue weighted by molar-refractivity contribution is -0.138. The molecule has 1 aromatic carbocycles. The average Bonchev–Trinajstić information content (AvgIpc) is 3.37. The summed E-state index contributed by atoms with van der Waals surface area (Å²) in [5.41, 5.74) is 5.99. The monoisotopic (exact) mass is 663 g/mol. The van der Waals surface area contributed by atoms with Crippen LogP contribution in [0, 0.1) is 5.92 Å². The van der Waals surface area contributed by atoms with Crippen LogP contribution >= 0.6 is 0 Å². The molecule has 7 N–H and O–H groups in total. The molecule has 1 unspecified atom stereocenters. The number of benzene rings is 1. The highest BCUT2D eigenvalue weighted by atomic mass is 16.5. The van der Waals surface area contributed by atoms with Crippen molar-refractivity contribution in [2.45, 2.75) is 92.2 Å². The van der Waals surface area contributed by atoms with Gasteiger partial charge in [-0.1, -0.05) is 53.2 Å². The maximum absolute atomic E-state index is 12.6. The number of urea groups is 1. The van der Waals surface area contributed by atoms with E-state index in [1.165, 1.54) is 11.9 Å². The van der Waals surface area contributed by atoms with E-state index in [-0.39, 0.29) is 56.1 Å². The Hall–Kier alpha value is -4.69. The Morgan fingerprint density at radius 1 is 0.915 bits per heavy atom. The fourth-order valence-corrected chi connectivity index (χ4v) is 4.02. The van der Waals surface area contributed by atoms with E-state index in [4.69, 9.17) is 10.5 Å². The lowest BCUT2D eigenvalue weighted by Crippen LogP contribution is -2.51. The third-order valence-electron chi connectivity index (χ3n) is 6.49. The van der Waals surface area contributed by atoms with Crippen LogP contribution in [0.15, 0.2) is 24.3 Å². The minimum absolute atomic E-state index is 0.0902. The first-order valence-corrected chi connectivity index (χ1v) is 16.0. The fraction of sp³-hybridized carbons (Fsp3) is 0.594. The Balaban J connectivity index is 0.00000207. The molecular formula is C32H53N7O8. The second-order valence-electron chi connectivity index (χ2n) is 10.6. The van der Waals surface area contributed by atoms with Gasteiger partial charge in [0.1, 0.15) is 12.6 Å². The van der Waals surface area contributed by atoms with E-state index in [1.54, 1.807) is 38.1 Å². The smallest absolute Gasteiger partial charge is 0.407 e. The highest BCUT2D eigenvalue weighted by Gasteiger charge is 2.28. The van der Waals surface area contributed by atoms with Crippen molar-refractivity contribution in [1.82, 2.24) is 26.2 Å². The highest BCUT2D eigenvalue weighted by Crippen LogP contribution is 2.14. The van der Waals surface area contributed by atoms with Crippen LogP contribution in [0.2, 0.25) is 0 Å². The molecule has 0 bridgehead atoms. The van der Waals surface area contributed by atoms with Crippen molar-refractivity contribution in [3.63, 3.8) is 0 Å². The van der Waals surface area contributed by atoms with E-state index in [0.29, 0.717) is 38.0 Å². The van der Waals surface area contributed by atoms with Gasteiger partial charge in [0, 0.05) is 45.1 Å². The minimum Gasteiger partial charge on any atom is -0.445 e. The van der Waals surface area contributed by atoms with Gasteiger partial charge in [0.25, 0.3) is 0 Å². The van der Waals surface area contributed by atoms with Gasteiger partial charge in [-0.25, -0.2) is 9.59 Å². The van der Waals surface area contributed by atoms with Crippen molar-refractivity contribution in [2.24, 2.45) is 11.7 Å². The van der Waals surface area contributed by atoms with E-state index in [9.17, 15) is 33.6 Å². The second kappa shape index (κ2) is 24.5. The summed E-state index contributed by atoms with van der Waals surface area (Å²) in [5.74, 6) is -1.66. The average molecular weight is 664 g/mol. The van der Waals surface area contributed by atoms with E-state index >= 15 is 0 Å². The van der Waals surface area contributed by atoms with Crippen LogP contribution in [0.4, 0.5) is 15.3 Å². The number of alkyl carbamates (subject to hydrolysis) is 1. The molecular weight excluding hydrogens is 610 g/mol. The number of nitrogens with zero attached hydrogens (tertiary/aromatic N) is 1. The topological polar surface area (TPSA) is 218 Å². The molecule has 2 rings (SSSR count).